The molecular weight excluding hydrogens is 448 g/mol. The van der Waals surface area contributed by atoms with E-state index in [1.807, 2.05) is 35.2 Å². The summed E-state index contributed by atoms with van der Waals surface area (Å²) in [6, 6.07) is 24.1. The molecule has 1 atom stereocenters. The summed E-state index contributed by atoms with van der Waals surface area (Å²) in [4.78, 5) is 39.1. The van der Waals surface area contributed by atoms with Crippen molar-refractivity contribution < 1.29 is 19.1 Å². The van der Waals surface area contributed by atoms with Gasteiger partial charge in [0, 0.05) is 17.8 Å². The Bertz CT molecular complexity index is 1160. The van der Waals surface area contributed by atoms with Crippen LogP contribution in [0, 0.1) is 0 Å². The molecule has 1 saturated heterocycles. The molecule has 0 spiro atoms. The maximum atomic E-state index is 12.7. The first-order valence-corrected chi connectivity index (χ1v) is 12.2. The summed E-state index contributed by atoms with van der Waals surface area (Å²) < 4.78 is 5.01. The normalized spacial score (nSPS) is 15.3. The molecule has 2 amide bonds. The molecule has 1 aliphatic rings. The second-order valence-corrected chi connectivity index (χ2v) is 8.93. The van der Waals surface area contributed by atoms with Crippen LogP contribution in [-0.4, -0.2) is 41.6 Å². The molecule has 1 N–H and O–H groups in total. The number of nitrogens with zero attached hydrogens (tertiary/aromatic N) is 1. The summed E-state index contributed by atoms with van der Waals surface area (Å²) in [5.74, 6) is -0.111. The lowest BCUT2D eigenvalue weighted by Crippen LogP contribution is -2.30. The zero-order valence-corrected chi connectivity index (χ0v) is 19.7. The van der Waals surface area contributed by atoms with Crippen molar-refractivity contribution in [2.24, 2.45) is 0 Å². The van der Waals surface area contributed by atoms with Gasteiger partial charge in [-0.1, -0.05) is 48.5 Å². The third-order valence-corrected chi connectivity index (χ3v) is 6.80. The van der Waals surface area contributed by atoms with E-state index in [9.17, 15) is 14.4 Å². The van der Waals surface area contributed by atoms with Gasteiger partial charge in [0.15, 0.2) is 0 Å². The number of thioether (sulfide) groups is 1. The standard InChI is InChI=1S/C27H26N2O4S/c1-2-33-27(32)22-9-6-10-23(17-22)28-25(31)20-11-13-21(14-12-20)26-29(24(30)18-34-26)16-15-19-7-4-3-5-8-19/h3-14,17,26H,2,15-16,18H2,1H3,(H,28,31)/t26-/m1/s1. The zero-order chi connectivity index (χ0) is 23.9. The van der Waals surface area contributed by atoms with Gasteiger partial charge in [-0.2, -0.15) is 0 Å². The van der Waals surface area contributed by atoms with Crippen LogP contribution >= 0.6 is 11.8 Å². The van der Waals surface area contributed by atoms with Crippen molar-refractivity contribution in [1.29, 1.82) is 0 Å². The van der Waals surface area contributed by atoms with E-state index < -0.39 is 5.97 Å². The highest BCUT2D eigenvalue weighted by atomic mass is 32.2. The third-order valence-electron chi connectivity index (χ3n) is 5.54. The molecule has 174 valence electrons. The van der Waals surface area contributed by atoms with Crippen molar-refractivity contribution >= 4 is 35.2 Å². The van der Waals surface area contributed by atoms with E-state index in [2.05, 4.69) is 17.4 Å². The van der Waals surface area contributed by atoms with E-state index in [-0.39, 0.29) is 23.8 Å². The topological polar surface area (TPSA) is 75.7 Å². The van der Waals surface area contributed by atoms with Crippen molar-refractivity contribution in [2.45, 2.75) is 18.7 Å². The summed E-state index contributed by atoms with van der Waals surface area (Å²) in [7, 11) is 0. The molecule has 0 saturated carbocycles. The number of nitrogens with one attached hydrogen (secondary N) is 1. The van der Waals surface area contributed by atoms with Gasteiger partial charge in [0.05, 0.1) is 17.9 Å². The number of benzene rings is 3. The molecule has 0 aromatic heterocycles. The highest BCUT2D eigenvalue weighted by molar-refractivity contribution is 8.00. The van der Waals surface area contributed by atoms with Gasteiger partial charge < -0.3 is 15.0 Å². The predicted octanol–water partition coefficient (Wildman–Crippen LogP) is 4.93. The Kier molecular flexibility index (Phi) is 7.65. The minimum Gasteiger partial charge on any atom is -0.462 e. The number of carbonyl (C=O) groups excluding carboxylic acids is 3. The van der Waals surface area contributed by atoms with Gasteiger partial charge in [0.25, 0.3) is 5.91 Å². The second-order valence-electron chi connectivity index (χ2n) is 7.86. The van der Waals surface area contributed by atoms with Crippen LogP contribution in [0.5, 0.6) is 0 Å². The Morgan fingerprint density at radius 2 is 1.76 bits per heavy atom. The average molecular weight is 475 g/mol. The molecular formula is C27H26N2O4S. The lowest BCUT2D eigenvalue weighted by molar-refractivity contribution is -0.128. The van der Waals surface area contributed by atoms with E-state index in [4.69, 9.17) is 4.74 Å². The quantitative estimate of drug-likeness (QED) is 0.469. The third kappa shape index (κ3) is 5.66. The average Bonchev–Trinajstić information content (AvgIpc) is 3.24. The maximum Gasteiger partial charge on any atom is 0.338 e. The first-order chi connectivity index (χ1) is 16.5. The molecule has 1 fully saturated rings. The van der Waals surface area contributed by atoms with Gasteiger partial charge in [0.2, 0.25) is 5.91 Å². The van der Waals surface area contributed by atoms with Crippen LogP contribution in [0.3, 0.4) is 0 Å². The van der Waals surface area contributed by atoms with Gasteiger partial charge in [-0.25, -0.2) is 4.79 Å². The molecule has 7 heteroatoms. The number of anilines is 1. The molecule has 6 nitrogen and oxygen atoms in total. The van der Waals surface area contributed by atoms with Gasteiger partial charge in [-0.05, 0) is 54.8 Å². The van der Waals surface area contributed by atoms with Gasteiger partial charge in [0.1, 0.15) is 5.37 Å². The number of carbonyl (C=O) groups is 3. The van der Waals surface area contributed by atoms with Crippen molar-refractivity contribution in [2.75, 3.05) is 24.2 Å². The van der Waals surface area contributed by atoms with Crippen molar-refractivity contribution in [3.63, 3.8) is 0 Å². The lowest BCUT2D eigenvalue weighted by Gasteiger charge is -2.24. The van der Waals surface area contributed by atoms with Crippen LogP contribution in [0.2, 0.25) is 0 Å². The fraction of sp³-hybridized carbons (Fsp3) is 0.222. The summed E-state index contributed by atoms with van der Waals surface area (Å²) in [5.41, 5.74) is 3.59. The van der Waals surface area contributed by atoms with E-state index in [1.165, 1.54) is 5.56 Å². The minimum absolute atomic E-state index is 0.0606. The fourth-order valence-electron chi connectivity index (χ4n) is 3.81. The SMILES string of the molecule is CCOC(=O)c1cccc(NC(=O)c2ccc([C@H]3SCC(=O)N3CCc3ccccc3)cc2)c1. The van der Waals surface area contributed by atoms with Crippen molar-refractivity contribution in [3.8, 4) is 0 Å². The first kappa shape index (κ1) is 23.6. The molecule has 0 aliphatic carbocycles. The van der Waals surface area contributed by atoms with E-state index in [1.54, 1.807) is 55.1 Å². The Labute approximate surface area is 203 Å². The summed E-state index contributed by atoms with van der Waals surface area (Å²) in [5, 5.41) is 2.76. The van der Waals surface area contributed by atoms with Crippen LogP contribution < -0.4 is 5.32 Å². The molecule has 3 aromatic carbocycles. The highest BCUT2D eigenvalue weighted by Gasteiger charge is 2.32. The van der Waals surface area contributed by atoms with Gasteiger partial charge >= 0.3 is 5.97 Å². The molecule has 4 rings (SSSR count). The Morgan fingerprint density at radius 3 is 2.50 bits per heavy atom. The number of esters is 1. The van der Waals surface area contributed by atoms with Crippen LogP contribution in [0.4, 0.5) is 5.69 Å². The number of rotatable bonds is 8. The zero-order valence-electron chi connectivity index (χ0n) is 18.9. The summed E-state index contributed by atoms with van der Waals surface area (Å²) in [6.45, 7) is 2.69. The lowest BCUT2D eigenvalue weighted by atomic mass is 10.1. The molecule has 0 bridgehead atoms. The molecule has 1 heterocycles. The number of amides is 2. The fourth-order valence-corrected chi connectivity index (χ4v) is 5.03. The van der Waals surface area contributed by atoms with Crippen LogP contribution in [0.15, 0.2) is 78.9 Å². The monoisotopic (exact) mass is 474 g/mol. The van der Waals surface area contributed by atoms with E-state index in [0.717, 1.165) is 12.0 Å². The largest absolute Gasteiger partial charge is 0.462 e. The van der Waals surface area contributed by atoms with Crippen molar-refractivity contribution in [3.05, 3.63) is 101 Å². The molecule has 0 unspecified atom stereocenters. The number of ether oxygens (including phenoxy) is 1. The minimum atomic E-state index is -0.427. The molecule has 34 heavy (non-hydrogen) atoms. The second kappa shape index (κ2) is 11.0. The molecule has 3 aromatic rings. The van der Waals surface area contributed by atoms with Crippen molar-refractivity contribution in [1.82, 2.24) is 4.90 Å². The first-order valence-electron chi connectivity index (χ1n) is 11.2. The van der Waals surface area contributed by atoms with E-state index in [0.29, 0.717) is 29.1 Å². The number of hydrogen-bond acceptors (Lipinski definition) is 5. The van der Waals surface area contributed by atoms with E-state index >= 15 is 0 Å². The smallest absolute Gasteiger partial charge is 0.338 e. The Hall–Kier alpha value is -3.58. The molecule has 1 aliphatic heterocycles. The van der Waals surface area contributed by atoms with Gasteiger partial charge in [-0.3, -0.25) is 9.59 Å². The Morgan fingerprint density at radius 1 is 1.00 bits per heavy atom. The summed E-state index contributed by atoms with van der Waals surface area (Å²) in [6.07, 6.45) is 0.801. The van der Waals surface area contributed by atoms with Crippen LogP contribution in [0.1, 0.15) is 44.1 Å². The van der Waals surface area contributed by atoms with Crippen LogP contribution in [-0.2, 0) is 16.0 Å². The summed E-state index contributed by atoms with van der Waals surface area (Å²) >= 11 is 1.60. The van der Waals surface area contributed by atoms with Crippen LogP contribution in [0.25, 0.3) is 0 Å². The highest BCUT2D eigenvalue weighted by Crippen LogP contribution is 2.38. The number of hydrogen-bond donors (Lipinski definition) is 1. The predicted molar refractivity (Wildman–Crippen MR) is 134 cm³/mol. The molecule has 0 radical (unpaired) electrons. The van der Waals surface area contributed by atoms with Gasteiger partial charge in [-0.15, -0.1) is 11.8 Å². The Balaban J connectivity index is 1.41. The maximum absolute atomic E-state index is 12.7.